The number of urea groups is 1. The molecule has 136 valence electrons. The van der Waals surface area contributed by atoms with Gasteiger partial charge in [-0.25, -0.2) is 4.79 Å². The molecule has 0 aliphatic rings. The molecule has 1 unspecified atom stereocenters. The minimum absolute atomic E-state index is 0.0670. The van der Waals surface area contributed by atoms with Gasteiger partial charge in [0.05, 0.1) is 5.69 Å². The fourth-order valence-corrected chi connectivity index (χ4v) is 2.95. The molecule has 0 fully saturated rings. The van der Waals surface area contributed by atoms with E-state index >= 15 is 0 Å². The highest BCUT2D eigenvalue weighted by Gasteiger charge is 2.15. The third kappa shape index (κ3) is 5.49. The van der Waals surface area contributed by atoms with Gasteiger partial charge in [-0.15, -0.1) is 0 Å². The Morgan fingerprint density at radius 1 is 1.36 bits per heavy atom. The summed E-state index contributed by atoms with van der Waals surface area (Å²) in [6.07, 6.45) is 0. The number of halogens is 1. The van der Waals surface area contributed by atoms with Gasteiger partial charge >= 0.3 is 6.03 Å². The molecule has 6 heteroatoms. The highest BCUT2D eigenvalue weighted by atomic mass is 35.5. The number of aryl methyl sites for hydroxylation is 2. The third-order valence-corrected chi connectivity index (χ3v) is 4.55. The van der Waals surface area contributed by atoms with Crippen LogP contribution in [-0.4, -0.2) is 33.8 Å². The summed E-state index contributed by atoms with van der Waals surface area (Å²) >= 11 is 6.20. The lowest BCUT2D eigenvalue weighted by Gasteiger charge is -2.23. The summed E-state index contributed by atoms with van der Waals surface area (Å²) < 4.78 is 1.99. The molecule has 1 aromatic carbocycles. The van der Waals surface area contributed by atoms with Gasteiger partial charge in [-0.05, 0) is 44.4 Å². The standard InChI is InChI=1S/C19H27ClN4O/c1-5-23(13-17-8-6-7-9-18(17)20)19(25)21-11-14(2)12-24-16(4)10-15(3)22-24/h6-10,14H,5,11-13H2,1-4H3,(H,21,25). The zero-order chi connectivity index (χ0) is 18.4. The Bertz CT molecular complexity index is 713. The minimum atomic E-state index is -0.0670. The summed E-state index contributed by atoms with van der Waals surface area (Å²) in [4.78, 5) is 14.2. The van der Waals surface area contributed by atoms with Crippen molar-refractivity contribution in [2.45, 2.75) is 40.8 Å². The minimum Gasteiger partial charge on any atom is -0.338 e. The quantitative estimate of drug-likeness (QED) is 0.808. The summed E-state index contributed by atoms with van der Waals surface area (Å²) in [6.45, 7) is 10.7. The summed E-state index contributed by atoms with van der Waals surface area (Å²) in [7, 11) is 0. The predicted octanol–water partition coefficient (Wildman–Crippen LogP) is 4.02. The molecule has 0 saturated heterocycles. The van der Waals surface area contributed by atoms with Crippen LogP contribution in [-0.2, 0) is 13.1 Å². The van der Waals surface area contributed by atoms with Gasteiger partial charge in [0.15, 0.2) is 0 Å². The molecule has 0 aliphatic heterocycles. The van der Waals surface area contributed by atoms with Gasteiger partial charge in [0.25, 0.3) is 0 Å². The summed E-state index contributed by atoms with van der Waals surface area (Å²) in [5.74, 6) is 0.293. The van der Waals surface area contributed by atoms with Crippen molar-refractivity contribution in [2.75, 3.05) is 13.1 Å². The second-order valence-electron chi connectivity index (χ2n) is 6.51. The molecular weight excluding hydrogens is 336 g/mol. The summed E-state index contributed by atoms with van der Waals surface area (Å²) in [5, 5.41) is 8.18. The number of aromatic nitrogens is 2. The van der Waals surface area contributed by atoms with Crippen molar-refractivity contribution in [3.8, 4) is 0 Å². The summed E-state index contributed by atoms with van der Waals surface area (Å²) in [6, 6.07) is 9.62. The van der Waals surface area contributed by atoms with Crippen LogP contribution in [0.15, 0.2) is 30.3 Å². The molecule has 1 atom stereocenters. The number of carbonyl (C=O) groups is 1. The van der Waals surface area contributed by atoms with Crippen LogP contribution in [0.25, 0.3) is 0 Å². The Morgan fingerprint density at radius 3 is 2.68 bits per heavy atom. The molecule has 0 saturated carbocycles. The van der Waals surface area contributed by atoms with E-state index in [4.69, 9.17) is 11.6 Å². The fourth-order valence-electron chi connectivity index (χ4n) is 2.75. The van der Waals surface area contributed by atoms with E-state index in [0.29, 0.717) is 30.6 Å². The molecule has 2 rings (SSSR count). The monoisotopic (exact) mass is 362 g/mol. The van der Waals surface area contributed by atoms with Crippen molar-refractivity contribution in [3.63, 3.8) is 0 Å². The van der Waals surface area contributed by atoms with Crippen LogP contribution >= 0.6 is 11.6 Å². The molecular formula is C19H27ClN4O. The largest absolute Gasteiger partial charge is 0.338 e. The Labute approximate surface area is 155 Å². The topological polar surface area (TPSA) is 50.2 Å². The van der Waals surface area contributed by atoms with Crippen LogP contribution in [0.4, 0.5) is 4.79 Å². The zero-order valence-electron chi connectivity index (χ0n) is 15.4. The number of nitrogens with zero attached hydrogens (tertiary/aromatic N) is 3. The average Bonchev–Trinajstić information content (AvgIpc) is 2.89. The molecule has 0 radical (unpaired) electrons. The Kier molecular flexibility index (Phi) is 6.88. The van der Waals surface area contributed by atoms with Crippen molar-refractivity contribution in [1.82, 2.24) is 20.0 Å². The number of nitrogens with one attached hydrogen (secondary N) is 1. The molecule has 1 aromatic heterocycles. The molecule has 0 aliphatic carbocycles. The van der Waals surface area contributed by atoms with E-state index in [0.717, 1.165) is 23.5 Å². The first kappa shape index (κ1) is 19.3. The van der Waals surface area contributed by atoms with Crippen molar-refractivity contribution >= 4 is 17.6 Å². The number of amides is 2. The second-order valence-corrected chi connectivity index (χ2v) is 6.91. The van der Waals surface area contributed by atoms with Crippen molar-refractivity contribution in [3.05, 3.63) is 52.3 Å². The first-order chi connectivity index (χ1) is 11.9. The van der Waals surface area contributed by atoms with Crippen molar-refractivity contribution < 1.29 is 4.79 Å². The van der Waals surface area contributed by atoms with E-state index < -0.39 is 0 Å². The van der Waals surface area contributed by atoms with Crippen LogP contribution < -0.4 is 5.32 Å². The summed E-state index contributed by atoms with van der Waals surface area (Å²) in [5.41, 5.74) is 3.12. The molecule has 0 spiro atoms. The van der Waals surface area contributed by atoms with Gasteiger partial charge < -0.3 is 10.2 Å². The number of benzene rings is 1. The predicted molar refractivity (Wildman–Crippen MR) is 102 cm³/mol. The van der Waals surface area contributed by atoms with Crippen LogP contribution in [0.1, 0.15) is 30.8 Å². The molecule has 2 amide bonds. The maximum absolute atomic E-state index is 12.5. The van der Waals surface area contributed by atoms with E-state index in [1.807, 2.05) is 49.7 Å². The first-order valence-corrected chi connectivity index (χ1v) is 9.05. The Hall–Kier alpha value is -2.01. The van der Waals surface area contributed by atoms with Gasteiger partial charge in [-0.3, -0.25) is 4.68 Å². The van der Waals surface area contributed by atoms with Gasteiger partial charge in [0.2, 0.25) is 0 Å². The second kappa shape index (κ2) is 8.90. The smallest absolute Gasteiger partial charge is 0.317 e. The van der Waals surface area contributed by atoms with Crippen LogP contribution in [0, 0.1) is 19.8 Å². The molecule has 2 aromatic rings. The van der Waals surface area contributed by atoms with E-state index in [2.05, 4.69) is 23.4 Å². The van der Waals surface area contributed by atoms with E-state index in [-0.39, 0.29) is 6.03 Å². The fraction of sp³-hybridized carbons (Fsp3) is 0.474. The van der Waals surface area contributed by atoms with Gasteiger partial charge in [-0.2, -0.15) is 5.10 Å². The Balaban J connectivity index is 1.87. The maximum atomic E-state index is 12.5. The van der Waals surface area contributed by atoms with Crippen molar-refractivity contribution in [1.29, 1.82) is 0 Å². The molecule has 1 N–H and O–H groups in total. The van der Waals surface area contributed by atoms with Crippen LogP contribution in [0.3, 0.4) is 0 Å². The van der Waals surface area contributed by atoms with Gasteiger partial charge in [0, 0.05) is 36.9 Å². The highest BCUT2D eigenvalue weighted by Crippen LogP contribution is 2.17. The van der Waals surface area contributed by atoms with Crippen LogP contribution in [0.2, 0.25) is 5.02 Å². The lowest BCUT2D eigenvalue weighted by molar-refractivity contribution is 0.196. The Morgan fingerprint density at radius 2 is 2.08 bits per heavy atom. The van der Waals surface area contributed by atoms with E-state index in [1.165, 1.54) is 0 Å². The number of hydrogen-bond acceptors (Lipinski definition) is 2. The number of carbonyl (C=O) groups excluding carboxylic acids is 1. The molecule has 25 heavy (non-hydrogen) atoms. The first-order valence-electron chi connectivity index (χ1n) is 8.68. The van der Waals surface area contributed by atoms with E-state index in [9.17, 15) is 4.79 Å². The normalized spacial score (nSPS) is 12.0. The SMILES string of the molecule is CCN(Cc1ccccc1Cl)C(=O)NCC(C)Cn1nc(C)cc1C. The average molecular weight is 363 g/mol. The van der Waals surface area contributed by atoms with E-state index in [1.54, 1.807) is 4.90 Å². The highest BCUT2D eigenvalue weighted by molar-refractivity contribution is 6.31. The molecule has 5 nitrogen and oxygen atoms in total. The zero-order valence-corrected chi connectivity index (χ0v) is 16.2. The lowest BCUT2D eigenvalue weighted by atomic mass is 10.2. The lowest BCUT2D eigenvalue weighted by Crippen LogP contribution is -2.41. The number of hydrogen-bond donors (Lipinski definition) is 1. The van der Waals surface area contributed by atoms with Crippen LogP contribution in [0.5, 0.6) is 0 Å². The van der Waals surface area contributed by atoms with Gasteiger partial charge in [-0.1, -0.05) is 36.7 Å². The third-order valence-electron chi connectivity index (χ3n) is 4.18. The maximum Gasteiger partial charge on any atom is 0.317 e. The van der Waals surface area contributed by atoms with Crippen molar-refractivity contribution in [2.24, 2.45) is 5.92 Å². The molecule has 1 heterocycles. The number of rotatable bonds is 7. The van der Waals surface area contributed by atoms with Gasteiger partial charge in [0.1, 0.15) is 0 Å². The molecule has 0 bridgehead atoms.